The molecule has 28 heavy (non-hydrogen) atoms. The highest BCUT2D eigenvalue weighted by Crippen LogP contribution is 2.27. The second kappa shape index (κ2) is 7.39. The Hall–Kier alpha value is -3.89. The number of amides is 1. The quantitative estimate of drug-likeness (QED) is 0.398. The maximum Gasteiger partial charge on any atom is 0.378 e. The number of nitrogens with zero attached hydrogens (tertiary/aromatic N) is 5. The summed E-state index contributed by atoms with van der Waals surface area (Å²) in [6, 6.07) is 6.17. The Morgan fingerprint density at radius 1 is 1.25 bits per heavy atom. The molecule has 0 saturated heterocycles. The molecule has 0 bridgehead atoms. The number of aromatic nitrogens is 4. The molecule has 2 aromatic heterocycles. The van der Waals surface area contributed by atoms with Crippen LogP contribution in [0, 0.1) is 30.9 Å². The number of aryl methyl sites for hydroxylation is 3. The van der Waals surface area contributed by atoms with E-state index in [2.05, 4.69) is 20.4 Å². The molecule has 144 valence electrons. The molecule has 3 aromatic rings. The third-order valence-electron chi connectivity index (χ3n) is 3.85. The minimum Gasteiger partial charge on any atom is -0.450 e. The molecule has 0 atom stereocenters. The first kappa shape index (κ1) is 18.9. The number of carbonyl (C=O) groups is 2. The number of esters is 1. The van der Waals surface area contributed by atoms with Crippen molar-refractivity contribution in [2.24, 2.45) is 0 Å². The number of para-hydroxylation sites is 1. The first-order valence-electron chi connectivity index (χ1n) is 8.18. The van der Waals surface area contributed by atoms with Crippen LogP contribution in [0.3, 0.4) is 0 Å². The zero-order valence-electron chi connectivity index (χ0n) is 15.3. The summed E-state index contributed by atoms with van der Waals surface area (Å²) in [5, 5.41) is 17.5. The van der Waals surface area contributed by atoms with Gasteiger partial charge in [-0.2, -0.15) is 4.98 Å². The van der Waals surface area contributed by atoms with Crippen molar-refractivity contribution in [3.05, 3.63) is 57.2 Å². The number of fused-ring (bicyclic) bond motifs is 1. The van der Waals surface area contributed by atoms with E-state index in [9.17, 15) is 19.7 Å². The molecule has 3 rings (SSSR count). The van der Waals surface area contributed by atoms with Crippen LogP contribution in [0.5, 0.6) is 0 Å². The van der Waals surface area contributed by atoms with Crippen LogP contribution >= 0.6 is 0 Å². The van der Waals surface area contributed by atoms with Crippen molar-refractivity contribution < 1.29 is 19.2 Å². The van der Waals surface area contributed by atoms with Crippen LogP contribution in [0.2, 0.25) is 0 Å². The average Bonchev–Trinajstić information content (AvgIpc) is 3.05. The summed E-state index contributed by atoms with van der Waals surface area (Å²) >= 11 is 0. The summed E-state index contributed by atoms with van der Waals surface area (Å²) in [6.07, 6.45) is 0. The van der Waals surface area contributed by atoms with Gasteiger partial charge in [-0.25, -0.2) is 14.3 Å². The number of carbonyl (C=O) groups excluding carboxylic acids is 2. The number of nitro groups is 1. The Bertz CT molecular complexity index is 1110. The molecule has 0 radical (unpaired) electrons. The Balaban J connectivity index is 1.69. The van der Waals surface area contributed by atoms with Gasteiger partial charge in [-0.15, -0.1) is 5.10 Å². The molecule has 0 aliphatic carbocycles. The number of hydrogen-bond acceptors (Lipinski definition) is 8. The van der Waals surface area contributed by atoms with E-state index >= 15 is 0 Å². The fourth-order valence-corrected chi connectivity index (χ4v) is 2.59. The predicted octanol–water partition coefficient (Wildman–Crippen LogP) is 1.75. The van der Waals surface area contributed by atoms with Crippen LogP contribution < -0.4 is 5.32 Å². The fraction of sp³-hybridized carbons (Fsp3) is 0.235. The number of benzene rings is 1. The highest BCUT2D eigenvalue weighted by Gasteiger charge is 2.20. The van der Waals surface area contributed by atoms with Crippen LogP contribution in [0.4, 0.5) is 11.4 Å². The van der Waals surface area contributed by atoms with Crippen LogP contribution in [0.15, 0.2) is 24.3 Å². The fourth-order valence-electron chi connectivity index (χ4n) is 2.59. The minimum absolute atomic E-state index is 0.0507. The standard InChI is InChI=1S/C17H16N6O5/c1-9-5-4-6-12(23(26)27)14(9)19-13(24)8-28-16(25)15-20-17-18-10(2)7-11(3)22(17)21-15/h4-7H,8H2,1-3H3,(H,19,24). The second-order valence-electron chi connectivity index (χ2n) is 6.04. The topological polar surface area (TPSA) is 142 Å². The maximum atomic E-state index is 12.1. The number of ether oxygens (including phenoxy) is 1. The number of anilines is 1. The van der Waals surface area contributed by atoms with E-state index in [4.69, 9.17) is 4.74 Å². The first-order valence-corrected chi connectivity index (χ1v) is 8.18. The Kier molecular flexibility index (Phi) is 4.98. The van der Waals surface area contributed by atoms with E-state index in [-0.39, 0.29) is 23.0 Å². The normalized spacial score (nSPS) is 10.7. The third-order valence-corrected chi connectivity index (χ3v) is 3.85. The van der Waals surface area contributed by atoms with Crippen molar-refractivity contribution in [1.29, 1.82) is 0 Å². The van der Waals surface area contributed by atoms with E-state index < -0.39 is 23.4 Å². The lowest BCUT2D eigenvalue weighted by atomic mass is 10.1. The van der Waals surface area contributed by atoms with E-state index in [0.717, 1.165) is 11.4 Å². The molecule has 0 fully saturated rings. The highest BCUT2D eigenvalue weighted by atomic mass is 16.6. The molecule has 1 N–H and O–H groups in total. The van der Waals surface area contributed by atoms with Crippen molar-refractivity contribution in [3.8, 4) is 0 Å². The van der Waals surface area contributed by atoms with Gasteiger partial charge in [0.15, 0.2) is 6.61 Å². The van der Waals surface area contributed by atoms with E-state index in [0.29, 0.717) is 5.56 Å². The zero-order chi connectivity index (χ0) is 20.4. The molecule has 0 saturated carbocycles. The van der Waals surface area contributed by atoms with E-state index in [1.807, 2.05) is 0 Å². The van der Waals surface area contributed by atoms with Gasteiger partial charge in [0.05, 0.1) is 4.92 Å². The predicted molar refractivity (Wildman–Crippen MR) is 97.0 cm³/mol. The molecule has 0 unspecified atom stereocenters. The number of rotatable bonds is 5. The molecule has 0 spiro atoms. The van der Waals surface area contributed by atoms with Gasteiger partial charge in [0.2, 0.25) is 0 Å². The van der Waals surface area contributed by atoms with Gasteiger partial charge in [0.1, 0.15) is 5.69 Å². The van der Waals surface area contributed by atoms with Gasteiger partial charge < -0.3 is 10.1 Å². The van der Waals surface area contributed by atoms with E-state index in [1.54, 1.807) is 32.9 Å². The van der Waals surface area contributed by atoms with Gasteiger partial charge >= 0.3 is 5.97 Å². The number of nitro benzene ring substituents is 1. The molecule has 11 heteroatoms. The van der Waals surface area contributed by atoms with Gasteiger partial charge in [-0.3, -0.25) is 14.9 Å². The minimum atomic E-state index is -0.906. The van der Waals surface area contributed by atoms with Crippen molar-refractivity contribution in [1.82, 2.24) is 19.6 Å². The summed E-state index contributed by atoms with van der Waals surface area (Å²) < 4.78 is 6.30. The summed E-state index contributed by atoms with van der Waals surface area (Å²) in [5.74, 6) is -1.63. The van der Waals surface area contributed by atoms with Gasteiger partial charge in [0, 0.05) is 17.5 Å². The highest BCUT2D eigenvalue weighted by molar-refractivity contribution is 5.96. The SMILES string of the molecule is Cc1cc(C)n2nc(C(=O)OCC(=O)Nc3c(C)cccc3[N+](=O)[O-])nc2n1. The van der Waals surface area contributed by atoms with Crippen molar-refractivity contribution >= 4 is 29.0 Å². The molecular weight excluding hydrogens is 368 g/mol. The molecule has 0 aliphatic heterocycles. The largest absolute Gasteiger partial charge is 0.450 e. The summed E-state index contributed by atoms with van der Waals surface area (Å²) in [6.45, 7) is 4.54. The monoisotopic (exact) mass is 384 g/mol. The second-order valence-corrected chi connectivity index (χ2v) is 6.04. The summed E-state index contributed by atoms with van der Waals surface area (Å²) in [7, 11) is 0. The van der Waals surface area contributed by atoms with Crippen molar-refractivity contribution in [2.45, 2.75) is 20.8 Å². The van der Waals surface area contributed by atoms with Crippen LogP contribution in [0.25, 0.3) is 5.78 Å². The van der Waals surface area contributed by atoms with Gasteiger partial charge in [-0.1, -0.05) is 12.1 Å². The molecule has 0 aliphatic rings. The zero-order valence-corrected chi connectivity index (χ0v) is 15.3. The van der Waals surface area contributed by atoms with Crippen LogP contribution in [-0.2, 0) is 9.53 Å². The van der Waals surface area contributed by atoms with E-state index in [1.165, 1.54) is 16.6 Å². The van der Waals surface area contributed by atoms with Crippen LogP contribution in [0.1, 0.15) is 27.6 Å². The third kappa shape index (κ3) is 3.77. The summed E-state index contributed by atoms with van der Waals surface area (Å²) in [4.78, 5) is 42.9. The first-order chi connectivity index (χ1) is 13.3. The lowest BCUT2D eigenvalue weighted by Crippen LogP contribution is -2.22. The Morgan fingerprint density at radius 3 is 2.71 bits per heavy atom. The smallest absolute Gasteiger partial charge is 0.378 e. The molecule has 1 aromatic carbocycles. The van der Waals surface area contributed by atoms with Crippen molar-refractivity contribution in [3.63, 3.8) is 0 Å². The van der Waals surface area contributed by atoms with Crippen molar-refractivity contribution in [2.75, 3.05) is 11.9 Å². The average molecular weight is 384 g/mol. The Morgan fingerprint density at radius 2 is 2.00 bits per heavy atom. The van der Waals surface area contributed by atoms with Gasteiger partial charge in [-0.05, 0) is 32.4 Å². The maximum absolute atomic E-state index is 12.1. The molecule has 1 amide bonds. The van der Waals surface area contributed by atoms with Crippen LogP contribution in [-0.4, -0.2) is 43.0 Å². The molecule has 11 nitrogen and oxygen atoms in total. The summed E-state index contributed by atoms with van der Waals surface area (Å²) in [5.41, 5.74) is 1.76. The lowest BCUT2D eigenvalue weighted by molar-refractivity contribution is -0.384. The molecular formula is C17H16N6O5. The Labute approximate surface area is 158 Å². The lowest BCUT2D eigenvalue weighted by Gasteiger charge is -2.08. The number of hydrogen-bond donors (Lipinski definition) is 1. The number of nitrogens with one attached hydrogen (secondary N) is 1. The molecule has 2 heterocycles. The van der Waals surface area contributed by atoms with Gasteiger partial charge in [0.25, 0.3) is 23.2 Å².